The van der Waals surface area contributed by atoms with Gasteiger partial charge in [-0.3, -0.25) is 4.79 Å². The van der Waals surface area contributed by atoms with E-state index >= 15 is 0 Å². The predicted molar refractivity (Wildman–Crippen MR) is 91.1 cm³/mol. The summed E-state index contributed by atoms with van der Waals surface area (Å²) in [5.41, 5.74) is 3.20. The number of carbonyl (C=O) groups is 1. The molecule has 0 saturated carbocycles. The highest BCUT2D eigenvalue weighted by atomic mass is 16.1. The molecule has 4 heteroatoms. The number of carbonyl (C=O) groups excluding carboxylic acids is 1. The van der Waals surface area contributed by atoms with Crippen molar-refractivity contribution in [3.8, 4) is 11.3 Å². The molecule has 0 spiro atoms. The number of allylic oxidation sites excluding steroid dienone is 2. The number of benzene rings is 1. The maximum atomic E-state index is 12.3. The molecule has 2 aromatic rings. The van der Waals surface area contributed by atoms with E-state index in [1.54, 1.807) is 0 Å². The first-order valence-corrected chi connectivity index (χ1v) is 8.42. The first-order chi connectivity index (χ1) is 11.3. The Morgan fingerprint density at radius 3 is 2.87 bits per heavy atom. The smallest absolute Gasteiger partial charge is 0.227 e. The number of imidazole rings is 1. The van der Waals surface area contributed by atoms with Crippen molar-refractivity contribution in [2.75, 3.05) is 5.32 Å². The van der Waals surface area contributed by atoms with Crippen LogP contribution in [0.4, 0.5) is 5.69 Å². The van der Waals surface area contributed by atoms with Crippen LogP contribution in [0.2, 0.25) is 0 Å². The second-order valence-corrected chi connectivity index (χ2v) is 6.36. The Kier molecular flexibility index (Phi) is 3.74. The Morgan fingerprint density at radius 2 is 2.09 bits per heavy atom. The largest absolute Gasteiger partial charge is 0.328 e. The second kappa shape index (κ2) is 6.03. The summed E-state index contributed by atoms with van der Waals surface area (Å²) in [5, 5.41) is 3.04. The van der Waals surface area contributed by atoms with E-state index in [-0.39, 0.29) is 11.8 Å². The third kappa shape index (κ3) is 2.81. The number of hydrogen-bond donors (Lipinski definition) is 1. The molecule has 4 rings (SSSR count). The van der Waals surface area contributed by atoms with Crippen molar-refractivity contribution in [2.45, 2.75) is 38.6 Å². The van der Waals surface area contributed by atoms with Gasteiger partial charge in [0, 0.05) is 24.6 Å². The Balaban J connectivity index is 1.47. The van der Waals surface area contributed by atoms with Crippen LogP contribution in [-0.2, 0) is 17.8 Å². The van der Waals surface area contributed by atoms with Gasteiger partial charge >= 0.3 is 0 Å². The van der Waals surface area contributed by atoms with Crippen molar-refractivity contribution in [1.29, 1.82) is 0 Å². The summed E-state index contributed by atoms with van der Waals surface area (Å²) < 4.78 is 2.29. The topological polar surface area (TPSA) is 46.9 Å². The van der Waals surface area contributed by atoms with Crippen LogP contribution in [0.3, 0.4) is 0 Å². The fourth-order valence-electron chi connectivity index (χ4n) is 3.49. The van der Waals surface area contributed by atoms with E-state index in [4.69, 9.17) is 0 Å². The van der Waals surface area contributed by atoms with Crippen molar-refractivity contribution in [3.63, 3.8) is 0 Å². The lowest BCUT2D eigenvalue weighted by Gasteiger charge is -2.17. The molecule has 2 heterocycles. The van der Waals surface area contributed by atoms with E-state index in [1.165, 1.54) is 17.9 Å². The van der Waals surface area contributed by atoms with E-state index in [0.717, 1.165) is 43.5 Å². The van der Waals surface area contributed by atoms with Gasteiger partial charge in [-0.1, -0.05) is 24.3 Å². The summed E-state index contributed by atoms with van der Waals surface area (Å²) in [6.45, 7) is 1.05. The van der Waals surface area contributed by atoms with Gasteiger partial charge in [0.15, 0.2) is 0 Å². The van der Waals surface area contributed by atoms with E-state index in [9.17, 15) is 4.79 Å². The van der Waals surface area contributed by atoms with Gasteiger partial charge in [-0.25, -0.2) is 4.98 Å². The first kappa shape index (κ1) is 14.2. The number of aryl methyl sites for hydroxylation is 1. The lowest BCUT2D eigenvalue weighted by atomic mass is 9.93. The molecule has 0 radical (unpaired) electrons. The minimum Gasteiger partial charge on any atom is -0.328 e. The third-order valence-electron chi connectivity index (χ3n) is 4.81. The fraction of sp³-hybridized carbons (Fsp3) is 0.368. The van der Waals surface area contributed by atoms with Crippen LogP contribution in [0.15, 0.2) is 42.6 Å². The molecule has 23 heavy (non-hydrogen) atoms. The van der Waals surface area contributed by atoms with Crippen LogP contribution in [0, 0.1) is 5.92 Å². The molecule has 1 aromatic carbocycles. The first-order valence-electron chi connectivity index (χ1n) is 8.42. The van der Waals surface area contributed by atoms with Crippen molar-refractivity contribution in [3.05, 3.63) is 48.4 Å². The quantitative estimate of drug-likeness (QED) is 0.877. The minimum absolute atomic E-state index is 0.109. The van der Waals surface area contributed by atoms with Gasteiger partial charge in [-0.15, -0.1) is 0 Å². The van der Waals surface area contributed by atoms with Gasteiger partial charge in [0.1, 0.15) is 5.82 Å². The zero-order valence-electron chi connectivity index (χ0n) is 13.2. The third-order valence-corrected chi connectivity index (χ3v) is 4.81. The standard InChI is InChI=1S/C19H21N3O/c23-19(15-5-2-1-3-6-15)21-16-10-8-14(9-11-16)17-13-20-18-7-4-12-22(17)18/h1-2,8-11,13,15H,3-7,12H2,(H,21,23). The van der Waals surface area contributed by atoms with E-state index < -0.39 is 0 Å². The highest BCUT2D eigenvalue weighted by molar-refractivity contribution is 5.93. The summed E-state index contributed by atoms with van der Waals surface area (Å²) in [6, 6.07) is 8.11. The summed E-state index contributed by atoms with van der Waals surface area (Å²) in [6.07, 6.45) is 11.3. The van der Waals surface area contributed by atoms with Crippen LogP contribution in [0.25, 0.3) is 11.3 Å². The molecule has 1 atom stereocenters. The summed E-state index contributed by atoms with van der Waals surface area (Å²) >= 11 is 0. The summed E-state index contributed by atoms with van der Waals surface area (Å²) in [4.78, 5) is 16.8. The molecule has 0 bridgehead atoms. The van der Waals surface area contributed by atoms with Crippen molar-refractivity contribution in [1.82, 2.24) is 9.55 Å². The van der Waals surface area contributed by atoms with Gasteiger partial charge in [0.2, 0.25) is 5.91 Å². The lowest BCUT2D eigenvalue weighted by molar-refractivity contribution is -0.120. The molecule has 1 unspecified atom stereocenters. The van der Waals surface area contributed by atoms with Gasteiger partial charge in [0.25, 0.3) is 0 Å². The maximum Gasteiger partial charge on any atom is 0.227 e. The van der Waals surface area contributed by atoms with Crippen LogP contribution in [-0.4, -0.2) is 15.5 Å². The van der Waals surface area contributed by atoms with Crippen LogP contribution in [0.5, 0.6) is 0 Å². The number of amides is 1. The van der Waals surface area contributed by atoms with Crippen LogP contribution >= 0.6 is 0 Å². The minimum atomic E-state index is 0.109. The maximum absolute atomic E-state index is 12.3. The Labute approximate surface area is 136 Å². The molecule has 4 nitrogen and oxygen atoms in total. The Morgan fingerprint density at radius 1 is 1.22 bits per heavy atom. The number of nitrogens with one attached hydrogen (secondary N) is 1. The number of fused-ring (bicyclic) bond motifs is 1. The molecule has 1 amide bonds. The molecule has 1 N–H and O–H groups in total. The number of nitrogens with zero attached hydrogens (tertiary/aromatic N) is 2. The molecule has 1 aliphatic heterocycles. The van der Waals surface area contributed by atoms with Gasteiger partial charge in [-0.2, -0.15) is 0 Å². The molecule has 2 aliphatic rings. The Bertz CT molecular complexity index is 742. The highest BCUT2D eigenvalue weighted by Gasteiger charge is 2.19. The van der Waals surface area contributed by atoms with Crippen LogP contribution in [0.1, 0.15) is 31.5 Å². The van der Waals surface area contributed by atoms with Gasteiger partial charge < -0.3 is 9.88 Å². The average Bonchev–Trinajstić information content (AvgIpc) is 3.20. The van der Waals surface area contributed by atoms with Crippen molar-refractivity contribution in [2.24, 2.45) is 5.92 Å². The molecular formula is C19H21N3O. The zero-order valence-corrected chi connectivity index (χ0v) is 13.2. The molecule has 118 valence electrons. The van der Waals surface area contributed by atoms with E-state index in [0.29, 0.717) is 0 Å². The van der Waals surface area contributed by atoms with Crippen molar-refractivity contribution >= 4 is 11.6 Å². The number of rotatable bonds is 3. The SMILES string of the molecule is O=C(Nc1ccc(-c2cnc3n2CCC3)cc1)C1CC=CCC1. The molecule has 1 aliphatic carbocycles. The molecule has 1 aromatic heterocycles. The number of hydrogen-bond acceptors (Lipinski definition) is 2. The van der Waals surface area contributed by atoms with Crippen LogP contribution < -0.4 is 5.32 Å². The average molecular weight is 307 g/mol. The second-order valence-electron chi connectivity index (χ2n) is 6.36. The predicted octanol–water partition coefficient (Wildman–Crippen LogP) is 3.79. The number of anilines is 1. The molecule has 0 fully saturated rings. The molecular weight excluding hydrogens is 286 g/mol. The Hall–Kier alpha value is -2.36. The van der Waals surface area contributed by atoms with E-state index in [2.05, 4.69) is 39.2 Å². The summed E-state index contributed by atoms with van der Waals surface area (Å²) in [5.74, 6) is 1.42. The lowest BCUT2D eigenvalue weighted by Crippen LogP contribution is -2.23. The normalized spacial score (nSPS) is 19.6. The highest BCUT2D eigenvalue weighted by Crippen LogP contribution is 2.27. The monoisotopic (exact) mass is 307 g/mol. The zero-order chi connectivity index (χ0) is 15.6. The summed E-state index contributed by atoms with van der Waals surface area (Å²) in [7, 11) is 0. The van der Waals surface area contributed by atoms with Crippen molar-refractivity contribution < 1.29 is 4.79 Å². The van der Waals surface area contributed by atoms with Gasteiger partial charge in [0.05, 0.1) is 11.9 Å². The molecule has 0 saturated heterocycles. The number of aromatic nitrogens is 2. The van der Waals surface area contributed by atoms with Gasteiger partial charge in [-0.05, 0) is 43.4 Å². The van der Waals surface area contributed by atoms with E-state index in [1.807, 2.05) is 18.3 Å². The fourth-order valence-corrected chi connectivity index (χ4v) is 3.49.